The summed E-state index contributed by atoms with van der Waals surface area (Å²) in [5, 5.41) is 10.4. The van der Waals surface area contributed by atoms with Crippen LogP contribution >= 0.6 is 11.3 Å². The number of aromatic nitrogens is 2. The van der Waals surface area contributed by atoms with E-state index in [1.807, 2.05) is 23.6 Å². The van der Waals surface area contributed by atoms with Gasteiger partial charge in [0.1, 0.15) is 12.2 Å². The molecular formula is C22H20F3N5O3S. The number of thiophene rings is 1. The lowest BCUT2D eigenvalue weighted by atomic mass is 10.1. The zero-order chi connectivity index (χ0) is 23.7. The largest absolute Gasteiger partial charge is 0.416 e. The predicted molar refractivity (Wildman–Crippen MR) is 120 cm³/mol. The molecule has 8 nitrogen and oxygen atoms in total. The van der Waals surface area contributed by atoms with E-state index in [-0.39, 0.29) is 24.4 Å². The van der Waals surface area contributed by atoms with Crippen LogP contribution in [0.2, 0.25) is 0 Å². The van der Waals surface area contributed by atoms with E-state index in [4.69, 9.17) is 9.47 Å². The molecule has 2 aliphatic rings. The van der Waals surface area contributed by atoms with E-state index in [0.717, 1.165) is 22.7 Å². The average Bonchev–Trinajstić information content (AvgIpc) is 3.54. The number of carbonyl (C=O) groups excluding carboxylic acids is 1. The van der Waals surface area contributed by atoms with Crippen LogP contribution in [0.25, 0.3) is 10.6 Å². The minimum atomic E-state index is -4.49. The SMILES string of the molecule is O=C(Nc1cccc(C(F)(F)F)c1)NC1COC2C(Nc3nccc(-c4cccs4)n3)COC12. The van der Waals surface area contributed by atoms with Crippen molar-refractivity contribution in [3.8, 4) is 10.6 Å². The number of halogens is 3. The fourth-order valence-electron chi connectivity index (χ4n) is 4.01. The quantitative estimate of drug-likeness (QED) is 0.500. The predicted octanol–water partition coefficient (Wildman–Crippen LogP) is 3.99. The molecule has 0 bridgehead atoms. The summed E-state index contributed by atoms with van der Waals surface area (Å²) in [7, 11) is 0. The molecule has 3 N–H and O–H groups in total. The Kier molecular flexibility index (Phi) is 6.11. The molecule has 0 aliphatic carbocycles. The van der Waals surface area contributed by atoms with Gasteiger partial charge in [0.05, 0.1) is 41.4 Å². The van der Waals surface area contributed by atoms with Gasteiger partial charge in [-0.05, 0) is 35.7 Å². The number of ether oxygens (including phenoxy) is 2. The Morgan fingerprint density at radius 2 is 1.85 bits per heavy atom. The van der Waals surface area contributed by atoms with Crippen LogP contribution in [0, 0.1) is 0 Å². The molecule has 4 atom stereocenters. The summed E-state index contributed by atoms with van der Waals surface area (Å²) in [5.74, 6) is 0.447. The minimum Gasteiger partial charge on any atom is -0.371 e. The fraction of sp³-hybridized carbons (Fsp3) is 0.318. The number of anilines is 2. The lowest BCUT2D eigenvalue weighted by Crippen LogP contribution is -2.46. The Labute approximate surface area is 196 Å². The molecule has 3 aromatic rings. The van der Waals surface area contributed by atoms with Gasteiger partial charge in [-0.1, -0.05) is 12.1 Å². The highest BCUT2D eigenvalue weighted by atomic mass is 32.1. The normalized spacial score (nSPS) is 24.0. The number of hydrogen-bond acceptors (Lipinski definition) is 7. The van der Waals surface area contributed by atoms with Gasteiger partial charge in [0.15, 0.2) is 0 Å². The van der Waals surface area contributed by atoms with Crippen LogP contribution in [-0.4, -0.2) is 53.5 Å². The summed E-state index contributed by atoms with van der Waals surface area (Å²) < 4.78 is 50.4. The molecular weight excluding hydrogens is 471 g/mol. The van der Waals surface area contributed by atoms with Crippen molar-refractivity contribution in [2.24, 2.45) is 0 Å². The van der Waals surface area contributed by atoms with Gasteiger partial charge in [-0.3, -0.25) is 0 Å². The van der Waals surface area contributed by atoms with Gasteiger partial charge < -0.3 is 25.4 Å². The maximum Gasteiger partial charge on any atom is 0.416 e. The first-order valence-corrected chi connectivity index (χ1v) is 11.4. The molecule has 5 rings (SSSR count). The maximum absolute atomic E-state index is 12.9. The zero-order valence-corrected chi connectivity index (χ0v) is 18.4. The topological polar surface area (TPSA) is 97.4 Å². The number of fused-ring (bicyclic) bond motifs is 1. The number of urea groups is 1. The van der Waals surface area contributed by atoms with Crippen molar-refractivity contribution in [3.63, 3.8) is 0 Å². The summed E-state index contributed by atoms with van der Waals surface area (Å²) >= 11 is 1.58. The molecule has 12 heteroatoms. The summed E-state index contributed by atoms with van der Waals surface area (Å²) in [6.45, 7) is 0.537. The molecule has 2 aliphatic heterocycles. The second-order valence-corrected chi connectivity index (χ2v) is 8.82. The van der Waals surface area contributed by atoms with Crippen LogP contribution in [-0.2, 0) is 15.7 Å². The number of amides is 2. The van der Waals surface area contributed by atoms with E-state index in [1.54, 1.807) is 17.5 Å². The number of nitrogens with zero attached hydrogens (tertiary/aromatic N) is 2. The number of nitrogens with one attached hydrogen (secondary N) is 3. The van der Waals surface area contributed by atoms with Gasteiger partial charge in [0, 0.05) is 11.9 Å². The van der Waals surface area contributed by atoms with Gasteiger partial charge in [-0.15, -0.1) is 11.3 Å². The van der Waals surface area contributed by atoms with Gasteiger partial charge in [0.2, 0.25) is 5.95 Å². The molecule has 0 spiro atoms. The summed E-state index contributed by atoms with van der Waals surface area (Å²) in [6, 6.07) is 8.89. The lowest BCUT2D eigenvalue weighted by Gasteiger charge is -2.19. The zero-order valence-electron chi connectivity index (χ0n) is 17.6. The number of benzene rings is 1. The van der Waals surface area contributed by atoms with Gasteiger partial charge in [-0.2, -0.15) is 13.2 Å². The minimum absolute atomic E-state index is 0.0393. The number of carbonyl (C=O) groups is 1. The van der Waals surface area contributed by atoms with E-state index in [2.05, 4.69) is 25.9 Å². The number of alkyl halides is 3. The van der Waals surface area contributed by atoms with E-state index in [9.17, 15) is 18.0 Å². The third-order valence-corrected chi connectivity index (χ3v) is 6.45. The molecule has 2 saturated heterocycles. The van der Waals surface area contributed by atoms with E-state index < -0.39 is 29.9 Å². The molecule has 0 radical (unpaired) electrons. The highest BCUT2D eigenvalue weighted by Crippen LogP contribution is 2.31. The Morgan fingerprint density at radius 3 is 2.62 bits per heavy atom. The molecule has 2 amide bonds. The first-order valence-electron chi connectivity index (χ1n) is 10.5. The van der Waals surface area contributed by atoms with Crippen molar-refractivity contribution in [1.29, 1.82) is 0 Å². The average molecular weight is 491 g/mol. The van der Waals surface area contributed by atoms with E-state index in [0.29, 0.717) is 12.6 Å². The summed E-state index contributed by atoms with van der Waals surface area (Å²) in [4.78, 5) is 22.2. The summed E-state index contributed by atoms with van der Waals surface area (Å²) in [5.41, 5.74) is 0.00605. The smallest absolute Gasteiger partial charge is 0.371 e. The highest BCUT2D eigenvalue weighted by molar-refractivity contribution is 7.13. The Bertz CT molecular complexity index is 1160. The van der Waals surface area contributed by atoms with Gasteiger partial charge >= 0.3 is 12.2 Å². The molecule has 2 aromatic heterocycles. The van der Waals surface area contributed by atoms with Crippen LogP contribution in [0.4, 0.5) is 29.6 Å². The van der Waals surface area contributed by atoms with Crippen LogP contribution in [0.3, 0.4) is 0 Å². The maximum atomic E-state index is 12.9. The number of hydrogen-bond donors (Lipinski definition) is 3. The summed E-state index contributed by atoms with van der Waals surface area (Å²) in [6.07, 6.45) is -3.57. The highest BCUT2D eigenvalue weighted by Gasteiger charge is 2.48. The standard InChI is InChI=1S/C22H20F3N5O3S/c23-22(24,25)12-3-1-4-13(9-12)27-21(31)30-16-11-33-18-15(10-32-19(16)18)29-20-26-7-6-14(28-20)17-5-2-8-34-17/h1-9,15-16,18-19H,10-11H2,(H,26,28,29)(H2,27,30,31). The molecule has 4 heterocycles. The van der Waals surface area contributed by atoms with Crippen LogP contribution in [0.1, 0.15) is 5.56 Å². The van der Waals surface area contributed by atoms with Crippen molar-refractivity contribution in [3.05, 3.63) is 59.6 Å². The van der Waals surface area contributed by atoms with Crippen LogP contribution in [0.15, 0.2) is 54.0 Å². The van der Waals surface area contributed by atoms with Gasteiger partial charge in [-0.25, -0.2) is 14.8 Å². The third-order valence-electron chi connectivity index (χ3n) is 5.56. The Morgan fingerprint density at radius 1 is 1.06 bits per heavy atom. The Balaban J connectivity index is 1.18. The van der Waals surface area contributed by atoms with E-state index in [1.165, 1.54) is 12.1 Å². The number of rotatable bonds is 5. The first kappa shape index (κ1) is 22.6. The van der Waals surface area contributed by atoms with Gasteiger partial charge in [0.25, 0.3) is 0 Å². The molecule has 2 fully saturated rings. The fourth-order valence-corrected chi connectivity index (χ4v) is 4.71. The van der Waals surface area contributed by atoms with Crippen LogP contribution < -0.4 is 16.0 Å². The van der Waals surface area contributed by atoms with Crippen molar-refractivity contribution in [2.45, 2.75) is 30.5 Å². The Hall–Kier alpha value is -3.22. The van der Waals surface area contributed by atoms with Crippen molar-refractivity contribution in [2.75, 3.05) is 23.8 Å². The third kappa shape index (κ3) is 4.83. The second-order valence-electron chi connectivity index (χ2n) is 7.87. The molecule has 34 heavy (non-hydrogen) atoms. The van der Waals surface area contributed by atoms with Crippen molar-refractivity contribution in [1.82, 2.24) is 15.3 Å². The second kappa shape index (κ2) is 9.20. The van der Waals surface area contributed by atoms with Crippen molar-refractivity contribution >= 4 is 29.0 Å². The first-order chi connectivity index (χ1) is 16.4. The van der Waals surface area contributed by atoms with Crippen molar-refractivity contribution < 1.29 is 27.4 Å². The molecule has 0 saturated carbocycles. The monoisotopic (exact) mass is 491 g/mol. The molecule has 178 valence electrons. The molecule has 4 unspecified atom stereocenters. The molecule has 1 aromatic carbocycles. The van der Waals surface area contributed by atoms with E-state index >= 15 is 0 Å². The van der Waals surface area contributed by atoms with Crippen LogP contribution in [0.5, 0.6) is 0 Å². The lowest BCUT2D eigenvalue weighted by molar-refractivity contribution is -0.137.